The summed E-state index contributed by atoms with van der Waals surface area (Å²) in [6.45, 7) is 5.24. The number of carbonyl (C=O) groups is 2. The molecule has 1 saturated heterocycles. The Hall–Kier alpha value is -2.93. The predicted octanol–water partition coefficient (Wildman–Crippen LogP) is 3.39. The predicted molar refractivity (Wildman–Crippen MR) is 121 cm³/mol. The van der Waals surface area contributed by atoms with Gasteiger partial charge in [-0.25, -0.2) is 4.39 Å². The molecule has 1 heterocycles. The van der Waals surface area contributed by atoms with Crippen LogP contribution in [-0.2, 0) is 16.1 Å². The van der Waals surface area contributed by atoms with Crippen molar-refractivity contribution in [3.63, 3.8) is 0 Å². The quantitative estimate of drug-likeness (QED) is 0.645. The number of carbonyl (C=O) groups excluding carboxylic acids is 2. The maximum Gasteiger partial charge on any atom is 0.238 e. The molecule has 1 aliphatic rings. The van der Waals surface area contributed by atoms with E-state index >= 15 is 0 Å². The molecule has 1 aliphatic heterocycles. The number of rotatable bonds is 9. The number of likely N-dealkylation sites (N-methyl/N-ethyl adjacent to an activating group) is 1. The molecule has 0 aliphatic carbocycles. The summed E-state index contributed by atoms with van der Waals surface area (Å²) < 4.78 is 13.0. The average Bonchev–Trinajstić information content (AvgIpc) is 2.79. The highest BCUT2D eigenvalue weighted by Crippen LogP contribution is 2.21. The minimum atomic E-state index is -0.306. The molecule has 2 amide bonds. The van der Waals surface area contributed by atoms with Crippen LogP contribution in [0.5, 0.6) is 0 Å². The van der Waals surface area contributed by atoms with Crippen LogP contribution in [-0.4, -0.2) is 49.4 Å². The monoisotopic (exact) mass is 426 g/mol. The largest absolute Gasteiger partial charge is 0.372 e. The van der Waals surface area contributed by atoms with E-state index in [1.807, 2.05) is 31.2 Å². The molecule has 0 aromatic heterocycles. The Morgan fingerprint density at radius 3 is 2.23 bits per heavy atom. The van der Waals surface area contributed by atoms with Gasteiger partial charge in [-0.05, 0) is 67.8 Å². The number of nitrogens with one attached hydrogen (secondary N) is 2. The molecular formula is C24H31FN4O2. The van der Waals surface area contributed by atoms with Gasteiger partial charge in [0.05, 0.1) is 13.1 Å². The number of piperidine rings is 1. The molecule has 0 saturated carbocycles. The number of amides is 2. The van der Waals surface area contributed by atoms with E-state index in [2.05, 4.69) is 15.5 Å². The molecular weight excluding hydrogens is 395 g/mol. The van der Waals surface area contributed by atoms with Crippen molar-refractivity contribution in [2.45, 2.75) is 32.7 Å². The Kier molecular flexibility index (Phi) is 8.41. The molecule has 2 aromatic carbocycles. The van der Waals surface area contributed by atoms with Gasteiger partial charge < -0.3 is 15.5 Å². The number of hydrogen-bond donors (Lipinski definition) is 2. The van der Waals surface area contributed by atoms with Crippen LogP contribution in [0.3, 0.4) is 0 Å². The zero-order valence-electron chi connectivity index (χ0n) is 18.1. The van der Waals surface area contributed by atoms with Crippen molar-refractivity contribution >= 4 is 23.2 Å². The van der Waals surface area contributed by atoms with Crippen molar-refractivity contribution in [3.8, 4) is 0 Å². The lowest BCUT2D eigenvalue weighted by Crippen LogP contribution is -2.40. The highest BCUT2D eigenvalue weighted by Gasteiger charge is 2.14. The number of benzene rings is 2. The first-order valence-corrected chi connectivity index (χ1v) is 10.9. The zero-order valence-corrected chi connectivity index (χ0v) is 18.1. The summed E-state index contributed by atoms with van der Waals surface area (Å²) in [6.07, 6.45) is 3.74. The lowest BCUT2D eigenvalue weighted by atomic mass is 10.1. The van der Waals surface area contributed by atoms with Crippen LogP contribution in [0.15, 0.2) is 48.5 Å². The first kappa shape index (κ1) is 22.7. The van der Waals surface area contributed by atoms with Crippen LogP contribution in [0, 0.1) is 5.82 Å². The first-order valence-electron chi connectivity index (χ1n) is 10.9. The summed E-state index contributed by atoms with van der Waals surface area (Å²) in [5, 5.41) is 5.71. The van der Waals surface area contributed by atoms with Crippen molar-refractivity contribution in [3.05, 3.63) is 59.9 Å². The van der Waals surface area contributed by atoms with E-state index in [-0.39, 0.29) is 30.7 Å². The van der Waals surface area contributed by atoms with Crippen LogP contribution >= 0.6 is 0 Å². The van der Waals surface area contributed by atoms with Gasteiger partial charge >= 0.3 is 0 Å². The van der Waals surface area contributed by atoms with Gasteiger partial charge in [0.15, 0.2) is 0 Å². The number of anilines is 2. The lowest BCUT2D eigenvalue weighted by Gasteiger charge is -2.28. The fourth-order valence-corrected chi connectivity index (χ4v) is 3.65. The molecule has 2 N–H and O–H groups in total. The second-order valence-electron chi connectivity index (χ2n) is 7.85. The van der Waals surface area contributed by atoms with E-state index in [9.17, 15) is 14.0 Å². The van der Waals surface area contributed by atoms with Crippen LogP contribution in [0.2, 0.25) is 0 Å². The Balaban J connectivity index is 1.43. The van der Waals surface area contributed by atoms with Crippen LogP contribution in [0.25, 0.3) is 0 Å². The zero-order chi connectivity index (χ0) is 22.1. The summed E-state index contributed by atoms with van der Waals surface area (Å²) in [7, 11) is 0. The average molecular weight is 427 g/mol. The third kappa shape index (κ3) is 7.36. The molecule has 166 valence electrons. The van der Waals surface area contributed by atoms with Gasteiger partial charge in [0.25, 0.3) is 0 Å². The van der Waals surface area contributed by atoms with E-state index in [1.54, 1.807) is 17.0 Å². The second-order valence-corrected chi connectivity index (χ2v) is 7.85. The van der Waals surface area contributed by atoms with Gasteiger partial charge in [-0.1, -0.05) is 19.1 Å². The number of nitrogens with zero attached hydrogens (tertiary/aromatic N) is 2. The van der Waals surface area contributed by atoms with Crippen molar-refractivity contribution in [2.24, 2.45) is 0 Å². The summed E-state index contributed by atoms with van der Waals surface area (Å²) in [4.78, 5) is 28.8. The fraction of sp³-hybridized carbons (Fsp3) is 0.417. The SMILES string of the molecule is CCN(CC(=O)NCc1ccc(F)cc1)CC(=O)Nc1ccc(N2CCCCC2)cc1. The van der Waals surface area contributed by atoms with Crippen LogP contribution in [0.4, 0.5) is 15.8 Å². The Labute approximate surface area is 183 Å². The molecule has 6 nitrogen and oxygen atoms in total. The van der Waals surface area contributed by atoms with E-state index in [0.29, 0.717) is 13.1 Å². The van der Waals surface area contributed by atoms with E-state index in [1.165, 1.54) is 37.1 Å². The Bertz CT molecular complexity index is 849. The number of hydrogen-bond acceptors (Lipinski definition) is 4. The third-order valence-corrected chi connectivity index (χ3v) is 5.46. The third-order valence-electron chi connectivity index (χ3n) is 5.46. The van der Waals surface area contributed by atoms with Gasteiger partial charge in [-0.15, -0.1) is 0 Å². The Morgan fingerprint density at radius 1 is 0.935 bits per heavy atom. The van der Waals surface area contributed by atoms with Gasteiger partial charge in [0, 0.05) is 31.0 Å². The van der Waals surface area contributed by atoms with Gasteiger partial charge in [-0.2, -0.15) is 0 Å². The summed E-state index contributed by atoms with van der Waals surface area (Å²) in [5.74, 6) is -0.636. The molecule has 0 unspecified atom stereocenters. The van der Waals surface area contributed by atoms with Crippen molar-refractivity contribution in [1.29, 1.82) is 0 Å². The molecule has 3 rings (SSSR count). The van der Waals surface area contributed by atoms with E-state index in [0.717, 1.165) is 24.3 Å². The molecule has 0 atom stereocenters. The fourth-order valence-electron chi connectivity index (χ4n) is 3.65. The smallest absolute Gasteiger partial charge is 0.238 e. The molecule has 0 radical (unpaired) electrons. The highest BCUT2D eigenvalue weighted by molar-refractivity contribution is 5.92. The van der Waals surface area contributed by atoms with Gasteiger partial charge in [0.1, 0.15) is 5.82 Å². The molecule has 7 heteroatoms. The minimum absolute atomic E-state index is 0.124. The maximum atomic E-state index is 13.0. The first-order chi connectivity index (χ1) is 15.0. The van der Waals surface area contributed by atoms with Gasteiger partial charge in [-0.3, -0.25) is 14.5 Å². The summed E-state index contributed by atoms with van der Waals surface area (Å²) in [5.41, 5.74) is 2.76. The summed E-state index contributed by atoms with van der Waals surface area (Å²) >= 11 is 0. The van der Waals surface area contributed by atoms with Crippen LogP contribution < -0.4 is 15.5 Å². The number of halogens is 1. The van der Waals surface area contributed by atoms with Crippen molar-refractivity contribution < 1.29 is 14.0 Å². The topological polar surface area (TPSA) is 64.7 Å². The molecule has 2 aromatic rings. The normalized spacial score (nSPS) is 13.8. The van der Waals surface area contributed by atoms with Crippen LogP contribution in [0.1, 0.15) is 31.7 Å². The molecule has 1 fully saturated rings. The highest BCUT2D eigenvalue weighted by atomic mass is 19.1. The van der Waals surface area contributed by atoms with E-state index < -0.39 is 0 Å². The summed E-state index contributed by atoms with van der Waals surface area (Å²) in [6, 6.07) is 13.9. The van der Waals surface area contributed by atoms with Crippen molar-refractivity contribution in [2.75, 3.05) is 42.9 Å². The lowest BCUT2D eigenvalue weighted by molar-refractivity contribution is -0.123. The van der Waals surface area contributed by atoms with Crippen molar-refractivity contribution in [1.82, 2.24) is 10.2 Å². The molecule has 0 bridgehead atoms. The molecule has 31 heavy (non-hydrogen) atoms. The van der Waals surface area contributed by atoms with Gasteiger partial charge in [0.2, 0.25) is 11.8 Å². The Morgan fingerprint density at radius 2 is 1.58 bits per heavy atom. The van der Waals surface area contributed by atoms with E-state index in [4.69, 9.17) is 0 Å². The minimum Gasteiger partial charge on any atom is -0.372 e. The maximum absolute atomic E-state index is 13.0. The molecule has 0 spiro atoms. The second kappa shape index (κ2) is 11.5. The standard InChI is InChI=1S/C24H31FN4O2/c1-2-28(17-23(30)26-16-19-6-8-20(25)9-7-19)18-24(31)27-21-10-12-22(13-11-21)29-14-4-3-5-15-29/h6-13H,2-5,14-18H2,1H3,(H,26,30)(H,27,31).